The zero-order valence-electron chi connectivity index (χ0n) is 20.3. The molecule has 0 aliphatic carbocycles. The van der Waals surface area contributed by atoms with Gasteiger partial charge in [-0.1, -0.05) is 0 Å². The molecule has 0 bridgehead atoms. The molecule has 0 heterocycles. The van der Waals surface area contributed by atoms with E-state index in [2.05, 4.69) is 0 Å². The topological polar surface area (TPSA) is 52.6 Å². The monoisotopic (exact) mass is 692 g/mol. The van der Waals surface area contributed by atoms with E-state index in [1.807, 2.05) is 121 Å². The van der Waals surface area contributed by atoms with Crippen molar-refractivity contribution in [3.63, 3.8) is 0 Å². The van der Waals surface area contributed by atoms with Gasteiger partial charge in [0, 0.05) is 0 Å². The quantitative estimate of drug-likeness (QED) is 0.211. The fourth-order valence-electron chi connectivity index (χ4n) is 3.87. The zero-order valence-corrected chi connectivity index (χ0v) is 26.9. The second kappa shape index (κ2) is 12.9. The standard InChI is InChI=1S/C6H8O4.4C6H5.2Sn.2H/c1-3(5(7)8)4(2)6(9)10;4*1-2-4-6-5-3-1;;;;/h1-2H3,(H,7,8)(H,9,10);4*1-5H;;;;/q;;;;;2*+1;;/p-2/b4-3-;;;;;;;;. The molecule has 0 saturated heterocycles. The van der Waals surface area contributed by atoms with E-state index in [0.717, 1.165) is 14.3 Å². The fourth-order valence-corrected chi connectivity index (χ4v) is 16.4. The molecule has 0 radical (unpaired) electrons. The molecule has 0 N–H and O–H groups in total. The van der Waals surface area contributed by atoms with Crippen LogP contribution in [-0.4, -0.2) is 52.3 Å². The van der Waals surface area contributed by atoms with Gasteiger partial charge in [-0.2, -0.15) is 0 Å². The van der Waals surface area contributed by atoms with Crippen LogP contribution < -0.4 is 14.3 Å². The molecule has 180 valence electrons. The van der Waals surface area contributed by atoms with E-state index < -0.39 is 52.3 Å². The molecule has 4 aromatic rings. The van der Waals surface area contributed by atoms with Gasteiger partial charge in [-0.3, -0.25) is 0 Å². The summed E-state index contributed by atoms with van der Waals surface area (Å²) >= 11 is -6.32. The second-order valence-electron chi connectivity index (χ2n) is 8.46. The van der Waals surface area contributed by atoms with Crippen molar-refractivity contribution in [1.82, 2.24) is 0 Å². The van der Waals surface area contributed by atoms with Gasteiger partial charge >= 0.3 is 229 Å². The van der Waals surface area contributed by atoms with Crippen molar-refractivity contribution in [2.45, 2.75) is 13.8 Å². The van der Waals surface area contributed by atoms with Crippen LogP contribution in [0, 0.1) is 0 Å². The van der Waals surface area contributed by atoms with Crippen molar-refractivity contribution in [1.29, 1.82) is 0 Å². The first-order valence-electron chi connectivity index (χ1n) is 11.8. The number of carbonyl (C=O) groups is 2. The Balaban J connectivity index is 1.57. The molecular formula is C30H28O4Sn2. The van der Waals surface area contributed by atoms with E-state index in [1.165, 1.54) is 0 Å². The van der Waals surface area contributed by atoms with Crippen molar-refractivity contribution >= 4 is 66.6 Å². The number of hydrogen-bond donors (Lipinski definition) is 0. The molecule has 0 unspecified atom stereocenters. The van der Waals surface area contributed by atoms with E-state index in [0.29, 0.717) is 11.1 Å². The van der Waals surface area contributed by atoms with Crippen LogP contribution in [0.4, 0.5) is 0 Å². The van der Waals surface area contributed by atoms with Gasteiger partial charge in [-0.15, -0.1) is 0 Å². The molecule has 0 aliphatic heterocycles. The van der Waals surface area contributed by atoms with Gasteiger partial charge in [0.25, 0.3) is 0 Å². The van der Waals surface area contributed by atoms with Crippen LogP contribution in [0.1, 0.15) is 13.8 Å². The van der Waals surface area contributed by atoms with Crippen molar-refractivity contribution in [3.05, 3.63) is 132 Å². The van der Waals surface area contributed by atoms with E-state index in [-0.39, 0.29) is 0 Å². The van der Waals surface area contributed by atoms with Gasteiger partial charge in [0.1, 0.15) is 0 Å². The Morgan fingerprint density at radius 1 is 0.444 bits per heavy atom. The molecule has 0 amide bonds. The number of rotatable bonds is 8. The zero-order chi connectivity index (χ0) is 25.3. The van der Waals surface area contributed by atoms with Crippen molar-refractivity contribution < 1.29 is 15.7 Å². The van der Waals surface area contributed by atoms with Crippen molar-refractivity contribution in [2.24, 2.45) is 0 Å². The molecule has 0 spiro atoms. The fraction of sp³-hybridized carbons (Fsp3) is 0.0667. The van der Waals surface area contributed by atoms with Gasteiger partial charge in [-0.25, -0.2) is 0 Å². The third-order valence-corrected chi connectivity index (χ3v) is 19.9. The number of hydrogen-bond acceptors (Lipinski definition) is 4. The van der Waals surface area contributed by atoms with Crippen molar-refractivity contribution in [3.8, 4) is 0 Å². The minimum atomic E-state index is -3.16. The van der Waals surface area contributed by atoms with E-state index >= 15 is 0 Å². The maximum absolute atomic E-state index is 13.3. The van der Waals surface area contributed by atoms with Crippen LogP contribution in [-0.2, 0) is 15.7 Å². The second-order valence-corrected chi connectivity index (χ2v) is 21.8. The minimum absolute atomic E-state index is 0.291. The molecule has 0 saturated carbocycles. The van der Waals surface area contributed by atoms with E-state index in [9.17, 15) is 9.59 Å². The number of carbonyl (C=O) groups excluding carboxylic acids is 2. The summed E-state index contributed by atoms with van der Waals surface area (Å²) in [6.07, 6.45) is 0. The number of benzene rings is 4. The van der Waals surface area contributed by atoms with Crippen LogP contribution in [0.5, 0.6) is 0 Å². The Hall–Kier alpha value is -2.84. The summed E-state index contributed by atoms with van der Waals surface area (Å²) in [7, 11) is 0. The normalized spacial score (nSPS) is 11.7. The molecule has 0 fully saturated rings. The Kier molecular flexibility index (Phi) is 9.41. The first-order chi connectivity index (χ1) is 17.5. The van der Waals surface area contributed by atoms with Crippen LogP contribution in [0.15, 0.2) is 132 Å². The van der Waals surface area contributed by atoms with E-state index in [1.54, 1.807) is 13.8 Å². The predicted octanol–water partition coefficient (Wildman–Crippen LogP) is 2.49. The third kappa shape index (κ3) is 6.67. The van der Waals surface area contributed by atoms with Crippen LogP contribution in [0.3, 0.4) is 0 Å². The van der Waals surface area contributed by atoms with Gasteiger partial charge in [-0.05, 0) is 0 Å². The van der Waals surface area contributed by atoms with Gasteiger partial charge < -0.3 is 0 Å². The average Bonchev–Trinajstić information content (AvgIpc) is 2.95. The molecule has 0 aliphatic rings. The molecule has 36 heavy (non-hydrogen) atoms. The molecule has 0 aromatic heterocycles. The molecule has 4 nitrogen and oxygen atoms in total. The Morgan fingerprint density at radius 3 is 0.889 bits per heavy atom. The molecule has 4 aromatic carbocycles. The SMILES string of the molecule is C/C(C(=O)[O][SnH]([c]1ccccc1)[c]1ccccc1)=C(\C)C(=O)[O][SnH]([c]1ccccc1)[c]1ccccc1. The van der Waals surface area contributed by atoms with E-state index in [4.69, 9.17) is 6.15 Å². The summed E-state index contributed by atoms with van der Waals surface area (Å²) in [6, 6.07) is 39.6. The summed E-state index contributed by atoms with van der Waals surface area (Å²) in [5.74, 6) is -0.909. The molecular weight excluding hydrogens is 662 g/mol. The van der Waals surface area contributed by atoms with Crippen LogP contribution in [0.25, 0.3) is 0 Å². The maximum atomic E-state index is 13.3. The summed E-state index contributed by atoms with van der Waals surface area (Å²) in [5.41, 5.74) is 0.583. The summed E-state index contributed by atoms with van der Waals surface area (Å²) < 4.78 is 16.6. The van der Waals surface area contributed by atoms with Crippen LogP contribution in [0.2, 0.25) is 0 Å². The summed E-state index contributed by atoms with van der Waals surface area (Å²) in [5, 5.41) is 0. The summed E-state index contributed by atoms with van der Waals surface area (Å²) in [4.78, 5) is 26.5. The Labute approximate surface area is 227 Å². The Morgan fingerprint density at radius 2 is 0.667 bits per heavy atom. The van der Waals surface area contributed by atoms with Crippen LogP contribution >= 0.6 is 0 Å². The van der Waals surface area contributed by atoms with Crippen molar-refractivity contribution in [2.75, 3.05) is 0 Å². The molecule has 4 rings (SSSR count). The first-order valence-corrected chi connectivity index (χ1v) is 21.1. The third-order valence-electron chi connectivity index (χ3n) is 6.03. The Bertz CT molecular complexity index is 1140. The predicted molar refractivity (Wildman–Crippen MR) is 149 cm³/mol. The average molecular weight is 690 g/mol. The molecule has 6 heteroatoms. The first kappa shape index (κ1) is 26.2. The molecule has 0 atom stereocenters. The van der Waals surface area contributed by atoms with Gasteiger partial charge in [0.15, 0.2) is 0 Å². The summed E-state index contributed by atoms with van der Waals surface area (Å²) in [6.45, 7) is 3.29. The van der Waals surface area contributed by atoms with Gasteiger partial charge in [0.05, 0.1) is 0 Å². The van der Waals surface area contributed by atoms with Gasteiger partial charge in [0.2, 0.25) is 0 Å².